The minimum absolute atomic E-state index is 0.0207. The van der Waals surface area contributed by atoms with Crippen LogP contribution in [0.4, 0.5) is 5.69 Å². The molecule has 1 heterocycles. The number of hydrogen-bond acceptors (Lipinski definition) is 3. The predicted octanol–water partition coefficient (Wildman–Crippen LogP) is 3.79. The van der Waals surface area contributed by atoms with Gasteiger partial charge in [0.2, 0.25) is 0 Å². The maximum Gasteiger partial charge on any atom is 0.251 e. The average Bonchev–Trinajstić information content (AvgIpc) is 3.05. The Morgan fingerprint density at radius 1 is 1.15 bits per heavy atom. The predicted molar refractivity (Wildman–Crippen MR) is 106 cm³/mol. The average molecular weight is 352 g/mol. The Balaban J connectivity index is 1.48. The lowest BCUT2D eigenvalue weighted by molar-refractivity contribution is 0.0757. The molecule has 1 aliphatic rings. The van der Waals surface area contributed by atoms with Crippen LogP contribution in [0.2, 0.25) is 0 Å². The van der Waals surface area contributed by atoms with Crippen molar-refractivity contribution in [2.45, 2.75) is 39.3 Å². The van der Waals surface area contributed by atoms with Crippen molar-refractivity contribution >= 4 is 11.6 Å². The highest BCUT2D eigenvalue weighted by molar-refractivity contribution is 5.94. The van der Waals surface area contributed by atoms with E-state index < -0.39 is 0 Å². The monoisotopic (exact) mass is 352 g/mol. The number of carbonyl (C=O) groups excluding carboxylic acids is 1. The van der Waals surface area contributed by atoms with Gasteiger partial charge in [-0.2, -0.15) is 0 Å². The number of para-hydroxylation sites is 1. The standard InChI is InChI=1S/C22H28N2O2/c1-17(2)26-15-5-13-23-22(25)20-10-8-18(9-11-20)16-24-14-12-19-6-3-4-7-21(19)24/h3-4,6-11,17H,5,12-16H2,1-2H3,(H,23,25). The van der Waals surface area contributed by atoms with E-state index >= 15 is 0 Å². The first-order valence-corrected chi connectivity index (χ1v) is 9.45. The van der Waals surface area contributed by atoms with Crippen molar-refractivity contribution < 1.29 is 9.53 Å². The first kappa shape index (κ1) is 18.5. The van der Waals surface area contributed by atoms with Crippen molar-refractivity contribution in [3.05, 3.63) is 65.2 Å². The summed E-state index contributed by atoms with van der Waals surface area (Å²) in [5.41, 5.74) is 4.69. The van der Waals surface area contributed by atoms with E-state index in [-0.39, 0.29) is 12.0 Å². The van der Waals surface area contributed by atoms with Gasteiger partial charge in [0.15, 0.2) is 0 Å². The maximum absolute atomic E-state index is 12.2. The lowest BCUT2D eigenvalue weighted by Crippen LogP contribution is -2.25. The van der Waals surface area contributed by atoms with Gasteiger partial charge in [0.1, 0.15) is 0 Å². The SMILES string of the molecule is CC(C)OCCCNC(=O)c1ccc(CN2CCc3ccccc32)cc1. The minimum atomic E-state index is -0.0207. The molecule has 4 heteroatoms. The van der Waals surface area contributed by atoms with Crippen LogP contribution in [0, 0.1) is 0 Å². The first-order valence-electron chi connectivity index (χ1n) is 9.45. The molecule has 0 radical (unpaired) electrons. The van der Waals surface area contributed by atoms with Gasteiger partial charge in [-0.25, -0.2) is 0 Å². The van der Waals surface area contributed by atoms with Crippen molar-refractivity contribution in [2.24, 2.45) is 0 Å². The Kier molecular flexibility index (Phi) is 6.29. The normalized spacial score (nSPS) is 13.1. The third-order valence-corrected chi connectivity index (χ3v) is 4.63. The largest absolute Gasteiger partial charge is 0.379 e. The Morgan fingerprint density at radius 3 is 2.69 bits per heavy atom. The number of benzene rings is 2. The second-order valence-corrected chi connectivity index (χ2v) is 7.03. The Hall–Kier alpha value is -2.33. The smallest absolute Gasteiger partial charge is 0.251 e. The molecule has 0 fully saturated rings. The summed E-state index contributed by atoms with van der Waals surface area (Å²) in [4.78, 5) is 14.6. The number of carbonyl (C=O) groups is 1. The molecule has 2 aromatic carbocycles. The Labute approximate surface area is 156 Å². The third kappa shape index (κ3) is 4.85. The van der Waals surface area contributed by atoms with E-state index in [9.17, 15) is 4.79 Å². The molecule has 26 heavy (non-hydrogen) atoms. The highest BCUT2D eigenvalue weighted by Crippen LogP contribution is 2.28. The molecule has 3 rings (SSSR count). The van der Waals surface area contributed by atoms with E-state index in [0.29, 0.717) is 18.7 Å². The number of rotatable bonds is 8. The fourth-order valence-corrected chi connectivity index (χ4v) is 3.25. The third-order valence-electron chi connectivity index (χ3n) is 4.63. The van der Waals surface area contributed by atoms with Crippen LogP contribution in [0.25, 0.3) is 0 Å². The zero-order valence-corrected chi connectivity index (χ0v) is 15.7. The van der Waals surface area contributed by atoms with Crippen LogP contribution in [-0.2, 0) is 17.7 Å². The van der Waals surface area contributed by atoms with Gasteiger partial charge in [-0.05, 0) is 56.0 Å². The van der Waals surface area contributed by atoms with Gasteiger partial charge in [0.25, 0.3) is 5.91 Å². The van der Waals surface area contributed by atoms with Gasteiger partial charge in [-0.1, -0.05) is 30.3 Å². The zero-order chi connectivity index (χ0) is 18.4. The molecule has 1 aliphatic heterocycles. The van der Waals surface area contributed by atoms with E-state index in [1.165, 1.54) is 16.8 Å². The molecule has 0 aliphatic carbocycles. The van der Waals surface area contributed by atoms with Gasteiger partial charge in [-0.15, -0.1) is 0 Å². The number of anilines is 1. The molecule has 138 valence electrons. The number of amides is 1. The van der Waals surface area contributed by atoms with Crippen molar-refractivity contribution in [2.75, 3.05) is 24.6 Å². The molecule has 0 unspecified atom stereocenters. The summed E-state index contributed by atoms with van der Waals surface area (Å²) in [7, 11) is 0. The highest BCUT2D eigenvalue weighted by Gasteiger charge is 2.18. The molecule has 0 bridgehead atoms. The topological polar surface area (TPSA) is 41.6 Å². The summed E-state index contributed by atoms with van der Waals surface area (Å²) in [5, 5.41) is 2.95. The molecule has 0 spiro atoms. The van der Waals surface area contributed by atoms with E-state index in [0.717, 1.165) is 25.9 Å². The lowest BCUT2D eigenvalue weighted by atomic mass is 10.1. The second kappa shape index (κ2) is 8.86. The first-order chi connectivity index (χ1) is 12.6. The van der Waals surface area contributed by atoms with Gasteiger partial charge < -0.3 is 15.0 Å². The lowest BCUT2D eigenvalue weighted by Gasteiger charge is -2.19. The van der Waals surface area contributed by atoms with Crippen LogP contribution >= 0.6 is 0 Å². The van der Waals surface area contributed by atoms with E-state index in [1.54, 1.807) is 0 Å². The fourth-order valence-electron chi connectivity index (χ4n) is 3.25. The molecule has 2 aromatic rings. The molecular formula is C22H28N2O2. The summed E-state index contributed by atoms with van der Waals surface area (Å²) in [5.74, 6) is -0.0207. The summed E-state index contributed by atoms with van der Waals surface area (Å²) in [6.45, 7) is 7.28. The second-order valence-electron chi connectivity index (χ2n) is 7.03. The summed E-state index contributed by atoms with van der Waals surface area (Å²) in [6, 6.07) is 16.5. The molecule has 1 N–H and O–H groups in total. The van der Waals surface area contributed by atoms with Crippen LogP contribution in [0.5, 0.6) is 0 Å². The van der Waals surface area contributed by atoms with Crippen molar-refractivity contribution in [3.63, 3.8) is 0 Å². The number of hydrogen-bond donors (Lipinski definition) is 1. The maximum atomic E-state index is 12.2. The number of nitrogens with zero attached hydrogens (tertiary/aromatic N) is 1. The van der Waals surface area contributed by atoms with Gasteiger partial charge >= 0.3 is 0 Å². The van der Waals surface area contributed by atoms with Crippen LogP contribution in [0.1, 0.15) is 41.8 Å². The highest BCUT2D eigenvalue weighted by atomic mass is 16.5. The molecule has 0 saturated heterocycles. The summed E-state index contributed by atoms with van der Waals surface area (Å²) >= 11 is 0. The number of nitrogens with one attached hydrogen (secondary N) is 1. The zero-order valence-electron chi connectivity index (χ0n) is 15.7. The van der Waals surface area contributed by atoms with E-state index in [2.05, 4.69) is 46.6 Å². The summed E-state index contributed by atoms with van der Waals surface area (Å²) in [6.07, 6.45) is 2.17. The van der Waals surface area contributed by atoms with E-state index in [4.69, 9.17) is 4.74 Å². The van der Waals surface area contributed by atoms with Crippen molar-refractivity contribution in [1.29, 1.82) is 0 Å². The van der Waals surface area contributed by atoms with Crippen LogP contribution in [-0.4, -0.2) is 31.7 Å². The van der Waals surface area contributed by atoms with E-state index in [1.807, 2.05) is 26.0 Å². The van der Waals surface area contributed by atoms with Crippen LogP contribution in [0.15, 0.2) is 48.5 Å². The Morgan fingerprint density at radius 2 is 1.92 bits per heavy atom. The number of fused-ring (bicyclic) bond motifs is 1. The molecule has 0 aromatic heterocycles. The van der Waals surface area contributed by atoms with Crippen molar-refractivity contribution in [3.8, 4) is 0 Å². The summed E-state index contributed by atoms with van der Waals surface area (Å²) < 4.78 is 5.48. The molecule has 0 atom stereocenters. The molecular weight excluding hydrogens is 324 g/mol. The van der Waals surface area contributed by atoms with Gasteiger partial charge in [0.05, 0.1) is 6.10 Å². The van der Waals surface area contributed by atoms with Crippen LogP contribution in [0.3, 0.4) is 0 Å². The Bertz CT molecular complexity index is 725. The molecule has 4 nitrogen and oxygen atoms in total. The number of ether oxygens (including phenoxy) is 1. The van der Waals surface area contributed by atoms with Gasteiger partial charge in [-0.3, -0.25) is 4.79 Å². The molecule has 0 saturated carbocycles. The minimum Gasteiger partial charge on any atom is -0.379 e. The van der Waals surface area contributed by atoms with Gasteiger partial charge in [0, 0.05) is 37.5 Å². The quantitative estimate of drug-likeness (QED) is 0.735. The molecule has 1 amide bonds. The van der Waals surface area contributed by atoms with Crippen LogP contribution < -0.4 is 10.2 Å². The van der Waals surface area contributed by atoms with Crippen molar-refractivity contribution in [1.82, 2.24) is 5.32 Å². The fraction of sp³-hybridized carbons (Fsp3) is 0.409.